The zero-order valence-electron chi connectivity index (χ0n) is 9.48. The number of aromatic nitrogens is 1. The van der Waals surface area contributed by atoms with E-state index in [4.69, 9.17) is 16.3 Å². The van der Waals surface area contributed by atoms with E-state index in [9.17, 15) is 9.18 Å². The summed E-state index contributed by atoms with van der Waals surface area (Å²) in [6.07, 6.45) is 1.31. The lowest BCUT2D eigenvalue weighted by molar-refractivity contribution is 0.103. The van der Waals surface area contributed by atoms with Crippen molar-refractivity contribution >= 4 is 17.4 Å². The van der Waals surface area contributed by atoms with Gasteiger partial charge in [-0.2, -0.15) is 0 Å². The van der Waals surface area contributed by atoms with Crippen LogP contribution in [0.15, 0.2) is 36.5 Å². The Morgan fingerprint density at radius 1 is 1.33 bits per heavy atom. The topological polar surface area (TPSA) is 39.2 Å². The fourth-order valence-electron chi connectivity index (χ4n) is 1.51. The minimum absolute atomic E-state index is 0.0303. The highest BCUT2D eigenvalue weighted by atomic mass is 35.5. The lowest BCUT2D eigenvalue weighted by atomic mass is 10.0. The molecule has 1 aromatic carbocycles. The fraction of sp³-hybridized carbons (Fsp3) is 0.0769. The quantitative estimate of drug-likeness (QED) is 0.632. The van der Waals surface area contributed by atoms with Crippen LogP contribution in [0.25, 0.3) is 0 Å². The number of carbonyl (C=O) groups excluding carboxylic acids is 1. The molecule has 1 aromatic heterocycles. The van der Waals surface area contributed by atoms with Gasteiger partial charge in [-0.25, -0.2) is 9.37 Å². The van der Waals surface area contributed by atoms with Crippen LogP contribution in [0, 0.1) is 5.82 Å². The molecule has 0 spiro atoms. The molecule has 18 heavy (non-hydrogen) atoms. The number of benzene rings is 1. The van der Waals surface area contributed by atoms with E-state index in [2.05, 4.69) is 4.98 Å². The minimum atomic E-state index is -0.681. The average molecular weight is 266 g/mol. The zero-order valence-corrected chi connectivity index (χ0v) is 10.2. The van der Waals surface area contributed by atoms with Crippen LogP contribution < -0.4 is 4.74 Å². The number of pyridine rings is 1. The molecule has 0 fully saturated rings. The lowest BCUT2D eigenvalue weighted by Gasteiger charge is -2.06. The van der Waals surface area contributed by atoms with Gasteiger partial charge < -0.3 is 4.74 Å². The van der Waals surface area contributed by atoms with Crippen LogP contribution >= 0.6 is 11.6 Å². The van der Waals surface area contributed by atoms with E-state index >= 15 is 0 Å². The molecule has 92 valence electrons. The van der Waals surface area contributed by atoms with Gasteiger partial charge in [0.1, 0.15) is 5.15 Å². The number of nitrogens with zero attached hydrogens (tertiary/aromatic N) is 1. The maximum Gasteiger partial charge on any atom is 0.197 e. The van der Waals surface area contributed by atoms with Crippen molar-refractivity contribution in [3.63, 3.8) is 0 Å². The van der Waals surface area contributed by atoms with Gasteiger partial charge in [0.05, 0.1) is 12.7 Å². The maximum absolute atomic E-state index is 13.9. The Kier molecular flexibility index (Phi) is 3.58. The molecule has 2 rings (SSSR count). The first-order valence-corrected chi connectivity index (χ1v) is 5.50. The number of rotatable bonds is 3. The fourth-order valence-corrected chi connectivity index (χ4v) is 1.62. The first kappa shape index (κ1) is 12.5. The molecule has 0 bridgehead atoms. The Labute approximate surface area is 108 Å². The van der Waals surface area contributed by atoms with Crippen LogP contribution in [-0.2, 0) is 0 Å². The van der Waals surface area contributed by atoms with E-state index in [1.807, 2.05) is 0 Å². The third-order valence-electron chi connectivity index (χ3n) is 2.42. The third-order valence-corrected chi connectivity index (χ3v) is 2.64. The predicted molar refractivity (Wildman–Crippen MR) is 65.6 cm³/mol. The molecule has 3 nitrogen and oxygen atoms in total. The summed E-state index contributed by atoms with van der Waals surface area (Å²) in [6.45, 7) is 0. The van der Waals surface area contributed by atoms with Gasteiger partial charge in [0.25, 0.3) is 0 Å². The Bertz CT molecular complexity index is 584. The van der Waals surface area contributed by atoms with E-state index in [-0.39, 0.29) is 22.0 Å². The second-order valence-corrected chi connectivity index (χ2v) is 3.91. The summed E-state index contributed by atoms with van der Waals surface area (Å²) >= 11 is 5.62. The summed E-state index contributed by atoms with van der Waals surface area (Å²) < 4.78 is 18.7. The molecule has 0 N–H and O–H groups in total. The van der Waals surface area contributed by atoms with Gasteiger partial charge in [-0.05, 0) is 24.3 Å². The van der Waals surface area contributed by atoms with Crippen molar-refractivity contribution in [1.82, 2.24) is 4.98 Å². The van der Waals surface area contributed by atoms with E-state index in [0.29, 0.717) is 0 Å². The molecule has 2 aromatic rings. The number of methoxy groups -OCH3 is 1. The monoisotopic (exact) mass is 265 g/mol. The first-order chi connectivity index (χ1) is 8.63. The smallest absolute Gasteiger partial charge is 0.197 e. The predicted octanol–water partition coefficient (Wildman–Crippen LogP) is 3.11. The Balaban J connectivity index is 2.43. The van der Waals surface area contributed by atoms with Crippen LogP contribution in [0.1, 0.15) is 15.9 Å². The summed E-state index contributed by atoms with van der Waals surface area (Å²) in [5, 5.41) is 0.276. The van der Waals surface area contributed by atoms with E-state index in [1.165, 1.54) is 37.6 Å². The molecule has 0 unspecified atom stereocenters. The van der Waals surface area contributed by atoms with Crippen LogP contribution in [0.4, 0.5) is 4.39 Å². The maximum atomic E-state index is 13.9. The summed E-state index contributed by atoms with van der Waals surface area (Å²) in [5.74, 6) is -1.11. The van der Waals surface area contributed by atoms with Crippen molar-refractivity contribution in [2.45, 2.75) is 0 Å². The lowest BCUT2D eigenvalue weighted by Crippen LogP contribution is -2.05. The molecule has 1 heterocycles. The highest BCUT2D eigenvalue weighted by Gasteiger charge is 2.17. The Hall–Kier alpha value is -1.94. The molecular weight excluding hydrogens is 257 g/mol. The molecule has 0 amide bonds. The third kappa shape index (κ3) is 2.33. The van der Waals surface area contributed by atoms with E-state index in [1.54, 1.807) is 6.07 Å². The van der Waals surface area contributed by atoms with Crippen molar-refractivity contribution in [3.05, 3.63) is 58.6 Å². The van der Waals surface area contributed by atoms with Crippen molar-refractivity contribution < 1.29 is 13.9 Å². The van der Waals surface area contributed by atoms with Gasteiger partial charge in [-0.3, -0.25) is 4.79 Å². The van der Waals surface area contributed by atoms with Gasteiger partial charge >= 0.3 is 0 Å². The number of hydrogen-bond acceptors (Lipinski definition) is 3. The van der Waals surface area contributed by atoms with Crippen molar-refractivity contribution in [2.75, 3.05) is 7.11 Å². The van der Waals surface area contributed by atoms with Crippen molar-refractivity contribution in [3.8, 4) is 5.75 Å². The van der Waals surface area contributed by atoms with Gasteiger partial charge in [0, 0.05) is 11.8 Å². The summed E-state index contributed by atoms with van der Waals surface area (Å²) in [4.78, 5) is 15.9. The highest BCUT2D eigenvalue weighted by Crippen LogP contribution is 2.22. The van der Waals surface area contributed by atoms with Crippen LogP contribution in [-0.4, -0.2) is 17.9 Å². The van der Waals surface area contributed by atoms with Crippen LogP contribution in [0.5, 0.6) is 5.75 Å². The largest absolute Gasteiger partial charge is 0.494 e. The number of carbonyl (C=O) groups is 1. The number of halogens is 2. The van der Waals surface area contributed by atoms with Crippen molar-refractivity contribution in [2.24, 2.45) is 0 Å². The number of hydrogen-bond donors (Lipinski definition) is 0. The molecule has 0 aliphatic carbocycles. The first-order valence-electron chi connectivity index (χ1n) is 5.12. The molecule has 0 radical (unpaired) electrons. The van der Waals surface area contributed by atoms with Crippen LogP contribution in [0.3, 0.4) is 0 Å². The van der Waals surface area contributed by atoms with Gasteiger partial charge in [-0.1, -0.05) is 17.7 Å². The summed E-state index contributed by atoms with van der Waals surface area (Å²) in [5.41, 5.74) is 0.213. The molecular formula is C13H9ClFNO2. The Morgan fingerprint density at radius 2 is 2.11 bits per heavy atom. The zero-order chi connectivity index (χ0) is 13.1. The normalized spacial score (nSPS) is 10.2. The molecule has 0 atom stereocenters. The second kappa shape index (κ2) is 5.14. The summed E-state index contributed by atoms with van der Waals surface area (Å²) in [7, 11) is 1.34. The second-order valence-electron chi connectivity index (χ2n) is 3.52. The standard InChI is InChI=1S/C13H9ClFNO2/c1-18-10-4-2-3-9(12(10)15)13(17)8-5-6-11(14)16-7-8/h2-7H,1H3. The van der Waals surface area contributed by atoms with Crippen LogP contribution in [0.2, 0.25) is 5.15 Å². The number of ketones is 1. The Morgan fingerprint density at radius 3 is 2.72 bits per heavy atom. The molecule has 0 saturated carbocycles. The van der Waals surface area contributed by atoms with Gasteiger partial charge in [-0.15, -0.1) is 0 Å². The molecule has 0 saturated heterocycles. The van der Waals surface area contributed by atoms with Gasteiger partial charge in [0.2, 0.25) is 0 Å². The van der Waals surface area contributed by atoms with Gasteiger partial charge in [0.15, 0.2) is 17.3 Å². The minimum Gasteiger partial charge on any atom is -0.494 e. The summed E-state index contributed by atoms with van der Waals surface area (Å²) in [6, 6.07) is 7.38. The molecule has 5 heteroatoms. The van der Waals surface area contributed by atoms with E-state index in [0.717, 1.165) is 0 Å². The number of ether oxygens (including phenoxy) is 1. The van der Waals surface area contributed by atoms with Crippen molar-refractivity contribution in [1.29, 1.82) is 0 Å². The molecule has 0 aliphatic heterocycles. The molecule has 0 aliphatic rings. The average Bonchev–Trinajstić information content (AvgIpc) is 2.39. The highest BCUT2D eigenvalue weighted by molar-refractivity contribution is 6.29. The SMILES string of the molecule is COc1cccc(C(=O)c2ccc(Cl)nc2)c1F. The van der Waals surface area contributed by atoms with E-state index < -0.39 is 11.6 Å².